The minimum Gasteiger partial charge on any atom is -0.378 e. The molecular weight excluding hydrogens is 368 g/mol. The number of hydrogen-bond acceptors (Lipinski definition) is 7. The van der Waals surface area contributed by atoms with Crippen molar-refractivity contribution in [1.82, 2.24) is 10.2 Å². The molecule has 0 spiro atoms. The number of morpholine rings is 1. The van der Waals surface area contributed by atoms with Crippen molar-refractivity contribution in [2.45, 2.75) is 30.1 Å². The quantitative estimate of drug-likeness (QED) is 0.748. The molecule has 1 aromatic carbocycles. The first kappa shape index (κ1) is 17.8. The van der Waals surface area contributed by atoms with Gasteiger partial charge in [0.05, 0.1) is 19.0 Å². The molecule has 0 radical (unpaired) electrons. The number of anilines is 2. The minimum atomic E-state index is 0.137. The predicted molar refractivity (Wildman–Crippen MR) is 105 cm³/mol. The zero-order valence-corrected chi connectivity index (χ0v) is 16.4. The maximum atomic E-state index is 12.9. The van der Waals surface area contributed by atoms with Gasteiger partial charge in [-0.3, -0.25) is 4.79 Å². The van der Waals surface area contributed by atoms with Crippen LogP contribution in [0.1, 0.15) is 18.9 Å². The van der Waals surface area contributed by atoms with E-state index in [1.807, 2.05) is 17.0 Å². The molecule has 1 saturated heterocycles. The number of fused-ring (bicyclic) bond motifs is 1. The van der Waals surface area contributed by atoms with Crippen molar-refractivity contribution in [3.63, 3.8) is 0 Å². The number of rotatable bonds is 4. The Hall–Kier alpha value is -1.64. The predicted octanol–water partition coefficient (Wildman–Crippen LogP) is 2.83. The van der Waals surface area contributed by atoms with Gasteiger partial charge < -0.3 is 14.5 Å². The molecule has 2 aliphatic heterocycles. The zero-order chi connectivity index (χ0) is 17.9. The van der Waals surface area contributed by atoms with Crippen molar-refractivity contribution < 1.29 is 9.53 Å². The summed E-state index contributed by atoms with van der Waals surface area (Å²) < 4.78 is 6.22. The second-order valence-electron chi connectivity index (χ2n) is 6.52. The van der Waals surface area contributed by atoms with Crippen molar-refractivity contribution in [2.75, 3.05) is 41.9 Å². The average Bonchev–Trinajstić information content (AvgIpc) is 3.16. The Morgan fingerprint density at radius 3 is 2.96 bits per heavy atom. The summed E-state index contributed by atoms with van der Waals surface area (Å²) in [7, 11) is 0. The van der Waals surface area contributed by atoms with Crippen LogP contribution in [0.3, 0.4) is 0 Å². The number of aryl methyl sites for hydroxylation is 1. The van der Waals surface area contributed by atoms with Gasteiger partial charge in [-0.05, 0) is 31.4 Å². The van der Waals surface area contributed by atoms with Gasteiger partial charge in [0.25, 0.3) is 0 Å². The van der Waals surface area contributed by atoms with Crippen molar-refractivity contribution in [2.24, 2.45) is 0 Å². The Morgan fingerprint density at radius 1 is 1.31 bits per heavy atom. The van der Waals surface area contributed by atoms with Crippen LogP contribution in [-0.4, -0.2) is 54.2 Å². The highest BCUT2D eigenvalue weighted by Gasteiger charge is 2.28. The van der Waals surface area contributed by atoms with Crippen LogP contribution in [0.15, 0.2) is 28.6 Å². The summed E-state index contributed by atoms with van der Waals surface area (Å²) in [6, 6.07) is 8.45. The van der Waals surface area contributed by atoms with Gasteiger partial charge in [0.2, 0.25) is 11.0 Å². The largest absolute Gasteiger partial charge is 0.378 e. The van der Waals surface area contributed by atoms with Gasteiger partial charge in [0, 0.05) is 24.8 Å². The van der Waals surface area contributed by atoms with Crippen LogP contribution in [0.2, 0.25) is 0 Å². The highest BCUT2D eigenvalue weighted by Crippen LogP contribution is 2.33. The highest BCUT2D eigenvalue weighted by molar-refractivity contribution is 8.01. The molecule has 1 aromatic heterocycles. The first-order valence-electron chi connectivity index (χ1n) is 8.91. The molecule has 26 heavy (non-hydrogen) atoms. The Labute approximate surface area is 161 Å². The molecule has 1 unspecified atom stereocenters. The van der Waals surface area contributed by atoms with E-state index in [0.29, 0.717) is 5.75 Å². The van der Waals surface area contributed by atoms with E-state index in [1.165, 1.54) is 17.3 Å². The summed E-state index contributed by atoms with van der Waals surface area (Å²) in [5.74, 6) is 0.522. The molecule has 4 rings (SSSR count). The third-order valence-corrected chi connectivity index (χ3v) is 6.89. The number of hydrogen-bond donors (Lipinski definition) is 0. The van der Waals surface area contributed by atoms with Gasteiger partial charge in [-0.2, -0.15) is 0 Å². The van der Waals surface area contributed by atoms with E-state index in [0.717, 1.165) is 54.3 Å². The molecule has 1 atom stereocenters. The maximum absolute atomic E-state index is 12.9. The summed E-state index contributed by atoms with van der Waals surface area (Å²) in [6.07, 6.45) is 2.04. The number of benzene rings is 1. The van der Waals surface area contributed by atoms with E-state index in [2.05, 4.69) is 34.2 Å². The van der Waals surface area contributed by atoms with Crippen LogP contribution in [0, 0.1) is 0 Å². The highest BCUT2D eigenvalue weighted by atomic mass is 32.2. The van der Waals surface area contributed by atoms with Crippen molar-refractivity contribution in [3.8, 4) is 0 Å². The fraction of sp³-hybridized carbons (Fsp3) is 0.500. The van der Waals surface area contributed by atoms with Crippen LogP contribution >= 0.6 is 23.1 Å². The Kier molecular flexibility index (Phi) is 5.42. The van der Waals surface area contributed by atoms with Crippen molar-refractivity contribution in [1.29, 1.82) is 0 Å². The van der Waals surface area contributed by atoms with Gasteiger partial charge in [-0.25, -0.2) is 0 Å². The van der Waals surface area contributed by atoms with Gasteiger partial charge >= 0.3 is 0 Å². The monoisotopic (exact) mass is 390 g/mol. The molecule has 2 aliphatic rings. The molecule has 0 aliphatic carbocycles. The van der Waals surface area contributed by atoms with E-state index in [-0.39, 0.29) is 11.9 Å². The first-order chi connectivity index (χ1) is 12.7. The van der Waals surface area contributed by atoms with Gasteiger partial charge in [0.15, 0.2) is 4.34 Å². The zero-order valence-electron chi connectivity index (χ0n) is 14.8. The fourth-order valence-corrected chi connectivity index (χ4v) is 5.16. The molecule has 0 N–H and O–H groups in total. The number of ether oxygens (including phenoxy) is 1. The third kappa shape index (κ3) is 3.72. The van der Waals surface area contributed by atoms with Gasteiger partial charge in [0.1, 0.15) is 0 Å². The van der Waals surface area contributed by atoms with E-state index in [4.69, 9.17) is 4.74 Å². The number of amides is 1. The van der Waals surface area contributed by atoms with Gasteiger partial charge in [-0.1, -0.05) is 41.3 Å². The molecule has 0 bridgehead atoms. The lowest BCUT2D eigenvalue weighted by atomic mass is 9.97. The summed E-state index contributed by atoms with van der Waals surface area (Å²) in [6.45, 7) is 5.28. The Morgan fingerprint density at radius 2 is 2.12 bits per heavy atom. The molecule has 1 amide bonds. The lowest BCUT2D eigenvalue weighted by molar-refractivity contribution is -0.116. The average molecular weight is 391 g/mol. The smallest absolute Gasteiger partial charge is 0.237 e. The molecule has 8 heteroatoms. The lowest BCUT2D eigenvalue weighted by Crippen LogP contribution is -2.43. The van der Waals surface area contributed by atoms with E-state index in [9.17, 15) is 4.79 Å². The Balaban J connectivity index is 1.40. The number of para-hydroxylation sites is 1. The normalized spacial score (nSPS) is 20.1. The second-order valence-corrected chi connectivity index (χ2v) is 8.70. The molecule has 3 heterocycles. The molecule has 138 valence electrons. The fourth-order valence-electron chi connectivity index (χ4n) is 3.40. The van der Waals surface area contributed by atoms with Crippen LogP contribution in [0.5, 0.6) is 0 Å². The van der Waals surface area contributed by atoms with E-state index >= 15 is 0 Å². The summed E-state index contributed by atoms with van der Waals surface area (Å²) >= 11 is 3.03. The van der Waals surface area contributed by atoms with E-state index in [1.54, 1.807) is 11.3 Å². The SMILES string of the molecule is CC1CCc2ccccc2N1C(=O)CSc1nnc(N2CCOCC2)s1. The summed E-state index contributed by atoms with van der Waals surface area (Å²) in [5, 5.41) is 9.44. The molecule has 2 aromatic rings. The van der Waals surface area contributed by atoms with Gasteiger partial charge in [-0.15, -0.1) is 10.2 Å². The summed E-state index contributed by atoms with van der Waals surface area (Å²) in [4.78, 5) is 17.0. The molecule has 1 fully saturated rings. The standard InChI is InChI=1S/C18H22N4O2S2/c1-13-6-7-14-4-2-3-5-15(14)22(13)16(23)12-25-18-20-19-17(26-18)21-8-10-24-11-9-21/h2-5,13H,6-12H2,1H3. The Bertz CT molecular complexity index is 776. The number of carbonyl (C=O) groups is 1. The molecule has 0 saturated carbocycles. The second kappa shape index (κ2) is 7.94. The number of thioether (sulfide) groups is 1. The van der Waals surface area contributed by atoms with Crippen LogP contribution in [-0.2, 0) is 16.0 Å². The van der Waals surface area contributed by atoms with Crippen LogP contribution in [0.25, 0.3) is 0 Å². The van der Waals surface area contributed by atoms with Crippen molar-refractivity contribution >= 4 is 39.8 Å². The number of nitrogens with zero attached hydrogens (tertiary/aromatic N) is 4. The van der Waals surface area contributed by atoms with E-state index < -0.39 is 0 Å². The van der Waals surface area contributed by atoms with Crippen LogP contribution < -0.4 is 9.80 Å². The first-order valence-corrected chi connectivity index (χ1v) is 10.7. The summed E-state index contributed by atoms with van der Waals surface area (Å²) in [5.41, 5.74) is 2.32. The van der Waals surface area contributed by atoms with Crippen LogP contribution in [0.4, 0.5) is 10.8 Å². The number of aromatic nitrogens is 2. The minimum absolute atomic E-state index is 0.137. The molecule has 6 nitrogen and oxygen atoms in total. The van der Waals surface area contributed by atoms with Crippen molar-refractivity contribution in [3.05, 3.63) is 29.8 Å². The topological polar surface area (TPSA) is 58.6 Å². The lowest BCUT2D eigenvalue weighted by Gasteiger charge is -2.35. The third-order valence-electron chi connectivity index (χ3n) is 4.79. The molecular formula is C18H22N4O2S2. The maximum Gasteiger partial charge on any atom is 0.237 e. The number of carbonyl (C=O) groups excluding carboxylic acids is 1.